The molecule has 2 aromatic heterocycles. The molecule has 0 saturated carbocycles. The van der Waals surface area contributed by atoms with Gasteiger partial charge in [0.05, 0.1) is 10.6 Å². The summed E-state index contributed by atoms with van der Waals surface area (Å²) in [5, 5.41) is 4.10. The van der Waals surface area contributed by atoms with Gasteiger partial charge in [-0.3, -0.25) is 14.2 Å². The summed E-state index contributed by atoms with van der Waals surface area (Å²) in [5.41, 5.74) is 1.28. The number of methoxy groups -OCH3 is 1. The van der Waals surface area contributed by atoms with Gasteiger partial charge in [-0.1, -0.05) is 25.6 Å². The van der Waals surface area contributed by atoms with Gasteiger partial charge < -0.3 is 10.1 Å². The van der Waals surface area contributed by atoms with Gasteiger partial charge in [-0.25, -0.2) is 4.98 Å². The molecule has 0 saturated heterocycles. The lowest BCUT2D eigenvalue weighted by atomic mass is 9.97. The van der Waals surface area contributed by atoms with Crippen molar-refractivity contribution in [3.8, 4) is 0 Å². The lowest BCUT2D eigenvalue weighted by molar-refractivity contribution is -0.120. The van der Waals surface area contributed by atoms with Gasteiger partial charge in [0.1, 0.15) is 4.83 Å². The number of carbonyl (C=O) groups excluding carboxylic acids is 1. The van der Waals surface area contributed by atoms with Gasteiger partial charge in [0.15, 0.2) is 5.16 Å². The van der Waals surface area contributed by atoms with Gasteiger partial charge in [-0.05, 0) is 56.9 Å². The number of nitrogens with zero attached hydrogens (tertiary/aromatic N) is 2. The Hall–Kier alpha value is -1.38. The van der Waals surface area contributed by atoms with Gasteiger partial charge in [0.2, 0.25) is 5.91 Å². The van der Waals surface area contributed by atoms with Crippen molar-refractivity contribution in [2.45, 2.75) is 76.2 Å². The molecule has 0 radical (unpaired) electrons. The number of hydrogen-bond donors (Lipinski definition) is 1. The summed E-state index contributed by atoms with van der Waals surface area (Å²) in [6, 6.07) is 0. The summed E-state index contributed by atoms with van der Waals surface area (Å²) >= 11 is 3.05. The standard InChI is InChI=1S/C22H33N3O3S2/c1-14(2)10-12-25-21(27)18-16-8-5-6-9-17(16)30-20(18)24-22(25)29-15(3)19(26)23-11-7-13-28-4/h14-15H,5-13H2,1-4H3,(H,23,26). The van der Waals surface area contributed by atoms with Crippen molar-refractivity contribution in [2.24, 2.45) is 5.92 Å². The third-order valence-corrected chi connectivity index (χ3v) is 7.72. The van der Waals surface area contributed by atoms with Crippen molar-refractivity contribution in [3.05, 3.63) is 20.8 Å². The number of nitrogens with one attached hydrogen (secondary N) is 1. The van der Waals surface area contributed by atoms with E-state index in [0.29, 0.717) is 30.8 Å². The fraction of sp³-hybridized carbons (Fsp3) is 0.682. The zero-order valence-electron chi connectivity index (χ0n) is 18.5. The van der Waals surface area contributed by atoms with E-state index in [2.05, 4.69) is 19.2 Å². The Labute approximate surface area is 186 Å². The van der Waals surface area contributed by atoms with Crippen LogP contribution >= 0.6 is 23.1 Å². The molecule has 166 valence electrons. The third kappa shape index (κ3) is 5.45. The summed E-state index contributed by atoms with van der Waals surface area (Å²) in [6.07, 6.45) is 6.03. The van der Waals surface area contributed by atoms with Crippen molar-refractivity contribution >= 4 is 39.2 Å². The van der Waals surface area contributed by atoms with E-state index in [0.717, 1.165) is 42.3 Å². The van der Waals surface area contributed by atoms with Crippen LogP contribution in [-0.4, -0.2) is 41.0 Å². The predicted molar refractivity (Wildman–Crippen MR) is 125 cm³/mol. The molecule has 2 aromatic rings. The molecule has 6 nitrogen and oxygen atoms in total. The van der Waals surface area contributed by atoms with Crippen molar-refractivity contribution in [1.82, 2.24) is 14.9 Å². The van der Waals surface area contributed by atoms with Gasteiger partial charge in [0.25, 0.3) is 5.56 Å². The average Bonchev–Trinajstić information content (AvgIpc) is 3.09. The molecule has 1 atom stereocenters. The Morgan fingerprint density at radius 2 is 2.07 bits per heavy atom. The topological polar surface area (TPSA) is 73.2 Å². The number of ether oxygens (including phenoxy) is 1. The second-order valence-corrected chi connectivity index (χ2v) is 10.7. The largest absolute Gasteiger partial charge is 0.385 e. The van der Waals surface area contributed by atoms with E-state index in [1.165, 1.54) is 28.6 Å². The van der Waals surface area contributed by atoms with Crippen LogP contribution in [0.5, 0.6) is 0 Å². The molecule has 0 aromatic carbocycles. The van der Waals surface area contributed by atoms with Gasteiger partial charge in [-0.15, -0.1) is 11.3 Å². The van der Waals surface area contributed by atoms with Crippen molar-refractivity contribution in [2.75, 3.05) is 20.3 Å². The number of amides is 1. The summed E-state index contributed by atoms with van der Waals surface area (Å²) < 4.78 is 6.84. The van der Waals surface area contributed by atoms with E-state index in [9.17, 15) is 9.59 Å². The molecule has 0 fully saturated rings. The van der Waals surface area contributed by atoms with Gasteiger partial charge in [-0.2, -0.15) is 0 Å². The van der Waals surface area contributed by atoms with Crippen molar-refractivity contribution in [1.29, 1.82) is 0 Å². The zero-order chi connectivity index (χ0) is 21.7. The highest BCUT2D eigenvalue weighted by molar-refractivity contribution is 8.00. The van der Waals surface area contributed by atoms with Crippen LogP contribution in [0.25, 0.3) is 10.2 Å². The third-order valence-electron chi connectivity index (χ3n) is 5.45. The second kappa shape index (κ2) is 10.8. The first-order valence-electron chi connectivity index (χ1n) is 10.9. The SMILES string of the molecule is COCCCNC(=O)C(C)Sc1nc2sc3c(c2c(=O)n1CCC(C)C)CCCC3. The van der Waals surface area contributed by atoms with Crippen LogP contribution in [0.2, 0.25) is 0 Å². The predicted octanol–water partition coefficient (Wildman–Crippen LogP) is 4.02. The summed E-state index contributed by atoms with van der Waals surface area (Å²) in [7, 11) is 1.65. The lowest BCUT2D eigenvalue weighted by Crippen LogP contribution is -2.33. The summed E-state index contributed by atoms with van der Waals surface area (Å²) in [4.78, 5) is 33.1. The van der Waals surface area contributed by atoms with E-state index >= 15 is 0 Å². The normalized spacial score (nSPS) is 14.8. The first-order valence-corrected chi connectivity index (χ1v) is 12.6. The molecule has 8 heteroatoms. The number of aryl methyl sites for hydroxylation is 2. The van der Waals surface area contributed by atoms with E-state index in [4.69, 9.17) is 9.72 Å². The minimum atomic E-state index is -0.322. The Bertz CT molecular complexity index is 936. The average molecular weight is 452 g/mol. The Morgan fingerprint density at radius 1 is 1.30 bits per heavy atom. The highest BCUT2D eigenvalue weighted by atomic mass is 32.2. The Morgan fingerprint density at radius 3 is 2.80 bits per heavy atom. The number of hydrogen-bond acceptors (Lipinski definition) is 6. The fourth-order valence-corrected chi connectivity index (χ4v) is 5.94. The molecule has 0 aliphatic heterocycles. The van der Waals surface area contributed by atoms with E-state index in [1.54, 1.807) is 18.4 Å². The number of carbonyl (C=O) groups is 1. The molecule has 1 unspecified atom stereocenters. The fourth-order valence-electron chi connectivity index (χ4n) is 3.68. The summed E-state index contributed by atoms with van der Waals surface area (Å²) in [5.74, 6) is 0.453. The first kappa shape index (κ1) is 23.3. The van der Waals surface area contributed by atoms with Crippen molar-refractivity contribution < 1.29 is 9.53 Å². The smallest absolute Gasteiger partial charge is 0.263 e. The quantitative estimate of drug-likeness (QED) is 0.336. The number of thiophene rings is 1. The lowest BCUT2D eigenvalue weighted by Gasteiger charge is -2.17. The second-order valence-electron chi connectivity index (χ2n) is 8.32. The van der Waals surface area contributed by atoms with E-state index < -0.39 is 0 Å². The van der Waals surface area contributed by atoms with Crippen LogP contribution in [0.15, 0.2) is 9.95 Å². The summed E-state index contributed by atoms with van der Waals surface area (Å²) in [6.45, 7) is 8.03. The molecule has 0 spiro atoms. The first-order chi connectivity index (χ1) is 14.4. The number of fused-ring (bicyclic) bond motifs is 3. The number of aromatic nitrogens is 2. The maximum absolute atomic E-state index is 13.5. The van der Waals surface area contributed by atoms with Crippen LogP contribution < -0.4 is 10.9 Å². The molecular weight excluding hydrogens is 418 g/mol. The minimum Gasteiger partial charge on any atom is -0.385 e. The van der Waals surface area contributed by atoms with E-state index in [-0.39, 0.29) is 16.7 Å². The molecular formula is C22H33N3O3S2. The molecule has 0 bridgehead atoms. The molecule has 1 amide bonds. The van der Waals surface area contributed by atoms with Crippen LogP contribution in [0.4, 0.5) is 0 Å². The maximum Gasteiger partial charge on any atom is 0.263 e. The molecule has 1 aliphatic rings. The maximum atomic E-state index is 13.5. The highest BCUT2D eigenvalue weighted by Gasteiger charge is 2.24. The monoisotopic (exact) mass is 451 g/mol. The van der Waals surface area contributed by atoms with Crippen LogP contribution in [0, 0.1) is 5.92 Å². The molecule has 1 aliphatic carbocycles. The Kier molecular flexibility index (Phi) is 8.36. The number of thioether (sulfide) groups is 1. The van der Waals surface area contributed by atoms with E-state index in [1.807, 2.05) is 11.5 Å². The number of rotatable bonds is 10. The molecule has 2 heterocycles. The molecule has 1 N–H and O–H groups in total. The van der Waals surface area contributed by atoms with Crippen LogP contribution in [-0.2, 0) is 28.9 Å². The van der Waals surface area contributed by atoms with Gasteiger partial charge >= 0.3 is 0 Å². The van der Waals surface area contributed by atoms with Crippen LogP contribution in [0.1, 0.15) is 56.9 Å². The minimum absolute atomic E-state index is 0.0358. The van der Waals surface area contributed by atoms with Crippen LogP contribution in [0.3, 0.4) is 0 Å². The molecule has 3 rings (SSSR count). The Balaban J connectivity index is 1.89. The van der Waals surface area contributed by atoms with Crippen molar-refractivity contribution in [3.63, 3.8) is 0 Å². The zero-order valence-corrected chi connectivity index (χ0v) is 20.1. The van der Waals surface area contributed by atoms with Gasteiger partial charge in [0, 0.05) is 31.7 Å². The molecule has 30 heavy (non-hydrogen) atoms. The highest BCUT2D eigenvalue weighted by Crippen LogP contribution is 2.35.